The maximum atomic E-state index is 11.1. The summed E-state index contributed by atoms with van der Waals surface area (Å²) in [6.45, 7) is 0.523. The Hall–Kier alpha value is -0.200. The number of carbonyl (C=O) groups is 2. The van der Waals surface area contributed by atoms with Crippen LogP contribution in [0.15, 0.2) is 0 Å². The van der Waals surface area contributed by atoms with Gasteiger partial charge in [-0.05, 0) is 12.8 Å². The minimum atomic E-state index is -0.753. The van der Waals surface area contributed by atoms with Gasteiger partial charge in [0.2, 0.25) is 4.45 Å². The topological polar surface area (TPSA) is 80.4 Å². The molecule has 4 nitrogen and oxygen atoms in total. The van der Waals surface area contributed by atoms with Crippen molar-refractivity contribution in [3.63, 3.8) is 0 Å². The van der Waals surface area contributed by atoms with E-state index in [-0.39, 0.29) is 10.9 Å². The van der Waals surface area contributed by atoms with Gasteiger partial charge in [-0.25, -0.2) is 0 Å². The van der Waals surface area contributed by atoms with E-state index >= 15 is 0 Å². The van der Waals surface area contributed by atoms with E-state index in [4.69, 9.17) is 10.8 Å². The molecule has 0 aliphatic heterocycles. The summed E-state index contributed by atoms with van der Waals surface area (Å²) < 4.78 is 0.110. The third-order valence-electron chi connectivity index (χ3n) is 1.59. The fraction of sp³-hybridized carbons (Fsp3) is 0.778. The van der Waals surface area contributed by atoms with Crippen LogP contribution >= 0.6 is 23.5 Å². The van der Waals surface area contributed by atoms with Gasteiger partial charge in [-0.1, -0.05) is 29.9 Å². The first-order chi connectivity index (χ1) is 7.16. The molecule has 0 radical (unpaired) electrons. The summed E-state index contributed by atoms with van der Waals surface area (Å²) in [5, 5.41) is 8.38. The molecule has 6 heteroatoms. The van der Waals surface area contributed by atoms with Crippen molar-refractivity contribution in [3.8, 4) is 0 Å². The largest absolute Gasteiger partial charge is 0.481 e. The second-order valence-electron chi connectivity index (χ2n) is 2.94. The predicted octanol–water partition coefficient (Wildman–Crippen LogP) is 2.18. The number of thioether (sulfide) groups is 2. The maximum Gasteiger partial charge on any atom is 0.303 e. The molecule has 3 N–H and O–H groups in total. The van der Waals surface area contributed by atoms with Gasteiger partial charge in [-0.15, -0.1) is 0 Å². The summed E-state index contributed by atoms with van der Waals surface area (Å²) >= 11 is 2.55. The summed E-state index contributed by atoms with van der Waals surface area (Å²) in [5.74, 6) is 0.693. The van der Waals surface area contributed by atoms with Crippen LogP contribution in [0.5, 0.6) is 0 Å². The van der Waals surface area contributed by atoms with Gasteiger partial charge >= 0.3 is 5.97 Å². The Labute approximate surface area is 98.4 Å². The molecule has 0 aromatic rings. The molecule has 0 spiro atoms. The first kappa shape index (κ1) is 14.8. The van der Waals surface area contributed by atoms with Crippen molar-refractivity contribution in [2.75, 3.05) is 18.1 Å². The number of aliphatic carboxylic acids is 1. The molecule has 0 atom stereocenters. The number of hydrogen-bond acceptors (Lipinski definition) is 5. The molecule has 0 saturated heterocycles. The smallest absolute Gasteiger partial charge is 0.303 e. The van der Waals surface area contributed by atoms with E-state index in [9.17, 15) is 9.59 Å². The molecule has 0 heterocycles. The zero-order chi connectivity index (χ0) is 11.5. The summed E-state index contributed by atoms with van der Waals surface area (Å²) in [6.07, 6.45) is 2.68. The van der Waals surface area contributed by atoms with E-state index in [0.717, 1.165) is 18.6 Å². The normalized spacial score (nSPS) is 10.2. The van der Waals surface area contributed by atoms with Crippen molar-refractivity contribution in [1.29, 1.82) is 0 Å². The number of carboxylic acid groups (broad SMARTS) is 1. The van der Waals surface area contributed by atoms with E-state index in [1.54, 1.807) is 0 Å². The molecule has 0 aliphatic rings. The van der Waals surface area contributed by atoms with Crippen molar-refractivity contribution in [2.24, 2.45) is 5.73 Å². The number of carboxylic acids is 1. The number of hydrogen-bond donors (Lipinski definition) is 2. The molecular formula is C9H17NO3S2. The first-order valence-corrected chi connectivity index (χ1v) is 6.85. The summed E-state index contributed by atoms with van der Waals surface area (Å²) in [7, 11) is 0. The lowest BCUT2D eigenvalue weighted by Crippen LogP contribution is -2.02. The van der Waals surface area contributed by atoms with Crippen molar-refractivity contribution in [2.45, 2.75) is 25.7 Å². The van der Waals surface area contributed by atoms with Crippen LogP contribution in [0.2, 0.25) is 0 Å². The zero-order valence-electron chi connectivity index (χ0n) is 8.61. The van der Waals surface area contributed by atoms with E-state index in [0.29, 0.717) is 18.7 Å². The van der Waals surface area contributed by atoms with E-state index in [1.807, 2.05) is 0 Å². The Bertz CT molecular complexity index is 200. The Morgan fingerprint density at radius 1 is 1.07 bits per heavy atom. The average Bonchev–Trinajstić information content (AvgIpc) is 2.19. The van der Waals surface area contributed by atoms with Gasteiger partial charge in [0.15, 0.2) is 0 Å². The summed E-state index contributed by atoms with van der Waals surface area (Å²) in [6, 6.07) is 0. The minimum Gasteiger partial charge on any atom is -0.481 e. The van der Waals surface area contributed by atoms with Crippen molar-refractivity contribution >= 4 is 33.9 Å². The van der Waals surface area contributed by atoms with Crippen molar-refractivity contribution in [3.05, 3.63) is 0 Å². The number of nitrogens with two attached hydrogens (primary N) is 1. The predicted molar refractivity (Wildman–Crippen MR) is 65.5 cm³/mol. The molecule has 0 fully saturated rings. The molecule has 0 amide bonds. The van der Waals surface area contributed by atoms with Gasteiger partial charge in [0.1, 0.15) is 0 Å². The molecule has 0 unspecified atom stereocenters. The van der Waals surface area contributed by atoms with Crippen LogP contribution in [0, 0.1) is 0 Å². The quantitative estimate of drug-likeness (QED) is 0.644. The van der Waals surface area contributed by atoms with E-state index in [1.165, 1.54) is 23.5 Å². The van der Waals surface area contributed by atoms with Crippen LogP contribution in [0.4, 0.5) is 4.79 Å². The third-order valence-corrected chi connectivity index (χ3v) is 3.70. The summed E-state index contributed by atoms with van der Waals surface area (Å²) in [4.78, 5) is 21.3. The number of unbranched alkanes of at least 4 members (excludes halogenated alkanes) is 2. The zero-order valence-corrected chi connectivity index (χ0v) is 10.2. The van der Waals surface area contributed by atoms with Gasteiger partial charge < -0.3 is 10.8 Å². The van der Waals surface area contributed by atoms with Crippen LogP contribution in [-0.4, -0.2) is 33.6 Å². The molecule has 0 aromatic carbocycles. The minimum absolute atomic E-state index is 0.110. The van der Waals surface area contributed by atoms with Gasteiger partial charge in [-0.3, -0.25) is 9.59 Å². The lowest BCUT2D eigenvalue weighted by molar-refractivity contribution is -0.137. The highest BCUT2D eigenvalue weighted by atomic mass is 32.2. The Kier molecular flexibility index (Phi) is 10.2. The second-order valence-corrected chi connectivity index (χ2v) is 5.33. The van der Waals surface area contributed by atoms with E-state index < -0.39 is 5.97 Å². The monoisotopic (exact) mass is 251 g/mol. The van der Waals surface area contributed by atoms with Crippen LogP contribution in [0.3, 0.4) is 0 Å². The molecule has 0 rings (SSSR count). The Morgan fingerprint density at radius 2 is 1.73 bits per heavy atom. The standard InChI is InChI=1S/C9H17NO3S2/c10-5-7-15-9(13)14-6-3-1-2-4-8(11)12/h1-7,10H2,(H,11,12). The van der Waals surface area contributed by atoms with Crippen molar-refractivity contribution < 1.29 is 14.7 Å². The lowest BCUT2D eigenvalue weighted by Gasteiger charge is -1.99. The maximum absolute atomic E-state index is 11.1. The van der Waals surface area contributed by atoms with E-state index in [2.05, 4.69) is 0 Å². The van der Waals surface area contributed by atoms with Gasteiger partial charge in [0.25, 0.3) is 0 Å². The molecule has 88 valence electrons. The molecule has 0 aliphatic carbocycles. The molecule has 0 bridgehead atoms. The SMILES string of the molecule is NCCSC(=O)SCCCCCC(=O)O. The number of rotatable bonds is 8. The highest BCUT2D eigenvalue weighted by molar-refractivity contribution is 8.38. The van der Waals surface area contributed by atoms with Crippen molar-refractivity contribution in [1.82, 2.24) is 0 Å². The number of carbonyl (C=O) groups excluding carboxylic acids is 1. The molecule has 0 aromatic heterocycles. The Morgan fingerprint density at radius 3 is 2.33 bits per heavy atom. The van der Waals surface area contributed by atoms with Crippen LogP contribution in [0.1, 0.15) is 25.7 Å². The highest BCUT2D eigenvalue weighted by Crippen LogP contribution is 2.17. The fourth-order valence-electron chi connectivity index (χ4n) is 0.894. The first-order valence-electron chi connectivity index (χ1n) is 4.88. The highest BCUT2D eigenvalue weighted by Gasteiger charge is 2.02. The summed E-state index contributed by atoms with van der Waals surface area (Å²) in [5.41, 5.74) is 5.26. The Balaban J connectivity index is 3.16. The lowest BCUT2D eigenvalue weighted by atomic mass is 10.2. The molecule has 0 saturated carbocycles. The van der Waals surface area contributed by atoms with Crippen LogP contribution < -0.4 is 5.73 Å². The average molecular weight is 251 g/mol. The second kappa shape index (κ2) is 10.3. The van der Waals surface area contributed by atoms with Gasteiger partial charge in [0, 0.05) is 24.5 Å². The molecule has 15 heavy (non-hydrogen) atoms. The van der Waals surface area contributed by atoms with Crippen LogP contribution in [-0.2, 0) is 4.79 Å². The van der Waals surface area contributed by atoms with Gasteiger partial charge in [-0.2, -0.15) is 0 Å². The van der Waals surface area contributed by atoms with Crippen LogP contribution in [0.25, 0.3) is 0 Å². The van der Waals surface area contributed by atoms with Gasteiger partial charge in [0.05, 0.1) is 0 Å². The fourth-order valence-corrected chi connectivity index (χ4v) is 2.53. The third kappa shape index (κ3) is 11.7. The molecular weight excluding hydrogens is 234 g/mol.